The second-order valence-corrected chi connectivity index (χ2v) is 4.20. The standard InChI is InChI=1S/C14H20N2O/c1-4-16-13(10-15)5-6-17-14-8-11(2)7-12(3)9-14/h7-9,13,16H,4-6H2,1-3H3. The van der Waals surface area contributed by atoms with Crippen molar-refractivity contribution >= 4 is 0 Å². The highest BCUT2D eigenvalue weighted by Crippen LogP contribution is 2.16. The molecule has 1 aromatic carbocycles. The first-order valence-electron chi connectivity index (χ1n) is 5.99. The molecule has 0 aliphatic carbocycles. The first kappa shape index (κ1) is 13.5. The van der Waals surface area contributed by atoms with Gasteiger partial charge in [-0.1, -0.05) is 13.0 Å². The van der Waals surface area contributed by atoms with Crippen molar-refractivity contribution in [1.82, 2.24) is 5.32 Å². The smallest absolute Gasteiger partial charge is 0.119 e. The summed E-state index contributed by atoms with van der Waals surface area (Å²) in [6.07, 6.45) is 0.706. The fourth-order valence-electron chi connectivity index (χ4n) is 1.77. The molecule has 0 saturated carbocycles. The molecule has 0 aliphatic heterocycles. The molecule has 1 N–H and O–H groups in total. The van der Waals surface area contributed by atoms with Gasteiger partial charge in [-0.2, -0.15) is 5.26 Å². The molecule has 0 spiro atoms. The largest absolute Gasteiger partial charge is 0.493 e. The number of nitriles is 1. The van der Waals surface area contributed by atoms with Gasteiger partial charge < -0.3 is 10.1 Å². The number of hydrogen-bond donors (Lipinski definition) is 1. The molecule has 1 unspecified atom stereocenters. The summed E-state index contributed by atoms with van der Waals surface area (Å²) in [5, 5.41) is 12.0. The molecule has 3 heteroatoms. The van der Waals surface area contributed by atoms with Gasteiger partial charge in [0.05, 0.1) is 18.7 Å². The molecule has 0 radical (unpaired) electrons. The maximum Gasteiger partial charge on any atom is 0.119 e. The summed E-state index contributed by atoms with van der Waals surface area (Å²) in [4.78, 5) is 0. The van der Waals surface area contributed by atoms with Gasteiger partial charge >= 0.3 is 0 Å². The van der Waals surface area contributed by atoms with Crippen LogP contribution < -0.4 is 10.1 Å². The van der Waals surface area contributed by atoms with Gasteiger partial charge in [-0.25, -0.2) is 0 Å². The minimum atomic E-state index is -0.120. The molecule has 17 heavy (non-hydrogen) atoms. The molecule has 0 amide bonds. The summed E-state index contributed by atoms with van der Waals surface area (Å²) in [6.45, 7) is 7.47. The van der Waals surface area contributed by atoms with E-state index in [0.29, 0.717) is 13.0 Å². The van der Waals surface area contributed by atoms with Crippen molar-refractivity contribution in [3.63, 3.8) is 0 Å². The summed E-state index contributed by atoms with van der Waals surface area (Å²) in [5.74, 6) is 0.885. The Bertz CT molecular complexity index is 375. The Morgan fingerprint density at radius 1 is 1.29 bits per heavy atom. The number of nitrogens with zero attached hydrogens (tertiary/aromatic N) is 1. The second kappa shape index (κ2) is 6.93. The predicted octanol–water partition coefficient (Wildman–Crippen LogP) is 2.57. The predicted molar refractivity (Wildman–Crippen MR) is 69.1 cm³/mol. The van der Waals surface area contributed by atoms with Crippen LogP contribution in [0.15, 0.2) is 18.2 Å². The zero-order valence-electron chi connectivity index (χ0n) is 10.8. The molecule has 0 fully saturated rings. The van der Waals surface area contributed by atoms with Gasteiger partial charge in [-0.15, -0.1) is 0 Å². The SMILES string of the molecule is CCNC(C#N)CCOc1cc(C)cc(C)c1. The van der Waals surface area contributed by atoms with Gasteiger partial charge in [-0.3, -0.25) is 0 Å². The van der Waals surface area contributed by atoms with E-state index in [0.717, 1.165) is 12.3 Å². The van der Waals surface area contributed by atoms with E-state index < -0.39 is 0 Å². The minimum Gasteiger partial charge on any atom is -0.493 e. The molecule has 1 rings (SSSR count). The summed E-state index contributed by atoms with van der Waals surface area (Å²) < 4.78 is 5.66. The van der Waals surface area contributed by atoms with Crippen molar-refractivity contribution in [3.8, 4) is 11.8 Å². The van der Waals surface area contributed by atoms with Crippen LogP contribution in [0.4, 0.5) is 0 Å². The van der Waals surface area contributed by atoms with E-state index in [1.165, 1.54) is 11.1 Å². The monoisotopic (exact) mass is 232 g/mol. The van der Waals surface area contributed by atoms with E-state index in [-0.39, 0.29) is 6.04 Å². The molecule has 1 aromatic rings. The second-order valence-electron chi connectivity index (χ2n) is 4.20. The molecular formula is C14H20N2O. The molecule has 1 atom stereocenters. The number of ether oxygens (including phenoxy) is 1. The van der Waals surface area contributed by atoms with Crippen LogP contribution in [0.2, 0.25) is 0 Å². The molecular weight excluding hydrogens is 212 g/mol. The van der Waals surface area contributed by atoms with Crippen LogP contribution in [0.3, 0.4) is 0 Å². The zero-order chi connectivity index (χ0) is 12.7. The van der Waals surface area contributed by atoms with Gasteiger partial charge in [-0.05, 0) is 43.7 Å². The fourth-order valence-corrected chi connectivity index (χ4v) is 1.77. The quantitative estimate of drug-likeness (QED) is 0.820. The average Bonchev–Trinajstić information content (AvgIpc) is 2.26. The van der Waals surface area contributed by atoms with Crippen molar-refractivity contribution in [2.75, 3.05) is 13.2 Å². The van der Waals surface area contributed by atoms with Crippen LogP contribution >= 0.6 is 0 Å². The highest BCUT2D eigenvalue weighted by Gasteiger charge is 2.05. The Balaban J connectivity index is 2.42. The molecule has 92 valence electrons. The summed E-state index contributed by atoms with van der Waals surface area (Å²) in [7, 11) is 0. The molecule has 0 aliphatic rings. The van der Waals surface area contributed by atoms with Crippen LogP contribution in [0, 0.1) is 25.2 Å². The average molecular weight is 232 g/mol. The topological polar surface area (TPSA) is 45.0 Å². The van der Waals surface area contributed by atoms with Gasteiger partial charge in [0, 0.05) is 6.42 Å². The number of rotatable bonds is 6. The van der Waals surface area contributed by atoms with Gasteiger partial charge in [0.25, 0.3) is 0 Å². The van der Waals surface area contributed by atoms with Crippen molar-refractivity contribution in [2.45, 2.75) is 33.2 Å². The lowest BCUT2D eigenvalue weighted by molar-refractivity contribution is 0.298. The Hall–Kier alpha value is -1.53. The normalized spacial score (nSPS) is 11.9. The number of aryl methyl sites for hydroxylation is 2. The summed E-state index contributed by atoms with van der Waals surface area (Å²) in [6, 6.07) is 8.25. The Morgan fingerprint density at radius 3 is 2.47 bits per heavy atom. The molecule has 0 aromatic heterocycles. The van der Waals surface area contributed by atoms with E-state index in [2.05, 4.69) is 31.3 Å². The van der Waals surface area contributed by atoms with Crippen LogP contribution in [-0.2, 0) is 0 Å². The van der Waals surface area contributed by atoms with Crippen LogP contribution in [0.1, 0.15) is 24.5 Å². The third-order valence-corrected chi connectivity index (χ3v) is 2.48. The van der Waals surface area contributed by atoms with E-state index in [4.69, 9.17) is 10.00 Å². The van der Waals surface area contributed by atoms with Crippen molar-refractivity contribution in [2.24, 2.45) is 0 Å². The van der Waals surface area contributed by atoms with E-state index in [1.54, 1.807) is 0 Å². The highest BCUT2D eigenvalue weighted by molar-refractivity contribution is 5.32. The lowest BCUT2D eigenvalue weighted by Gasteiger charge is -2.11. The molecule has 0 saturated heterocycles. The summed E-state index contributed by atoms with van der Waals surface area (Å²) >= 11 is 0. The van der Waals surface area contributed by atoms with Gasteiger partial charge in [0.2, 0.25) is 0 Å². The minimum absolute atomic E-state index is 0.120. The number of benzene rings is 1. The molecule has 0 bridgehead atoms. The Labute approximate surface area is 103 Å². The van der Waals surface area contributed by atoms with Crippen LogP contribution in [-0.4, -0.2) is 19.2 Å². The Kier molecular flexibility index (Phi) is 5.51. The zero-order valence-corrected chi connectivity index (χ0v) is 10.8. The van der Waals surface area contributed by atoms with Crippen LogP contribution in [0.5, 0.6) is 5.75 Å². The lowest BCUT2D eigenvalue weighted by Crippen LogP contribution is -2.28. The lowest BCUT2D eigenvalue weighted by atomic mass is 10.1. The number of hydrogen-bond acceptors (Lipinski definition) is 3. The van der Waals surface area contributed by atoms with Crippen LogP contribution in [0.25, 0.3) is 0 Å². The van der Waals surface area contributed by atoms with Gasteiger partial charge in [0.1, 0.15) is 5.75 Å². The highest BCUT2D eigenvalue weighted by atomic mass is 16.5. The van der Waals surface area contributed by atoms with Crippen molar-refractivity contribution in [1.29, 1.82) is 5.26 Å². The summed E-state index contributed by atoms with van der Waals surface area (Å²) in [5.41, 5.74) is 2.40. The third-order valence-electron chi connectivity index (χ3n) is 2.48. The van der Waals surface area contributed by atoms with E-state index in [9.17, 15) is 0 Å². The first-order valence-corrected chi connectivity index (χ1v) is 5.99. The molecule has 0 heterocycles. The third kappa shape index (κ3) is 4.88. The molecule has 3 nitrogen and oxygen atoms in total. The van der Waals surface area contributed by atoms with Crippen molar-refractivity contribution < 1.29 is 4.74 Å². The van der Waals surface area contributed by atoms with Gasteiger partial charge in [0.15, 0.2) is 0 Å². The number of nitrogens with one attached hydrogen (secondary N) is 1. The maximum absolute atomic E-state index is 8.87. The fraction of sp³-hybridized carbons (Fsp3) is 0.500. The first-order chi connectivity index (χ1) is 8.15. The van der Waals surface area contributed by atoms with E-state index >= 15 is 0 Å². The van der Waals surface area contributed by atoms with E-state index in [1.807, 2.05) is 19.1 Å². The Morgan fingerprint density at radius 2 is 1.94 bits per heavy atom. The van der Waals surface area contributed by atoms with Crippen molar-refractivity contribution in [3.05, 3.63) is 29.3 Å². The maximum atomic E-state index is 8.87.